The molecule has 0 radical (unpaired) electrons. The van der Waals surface area contributed by atoms with Crippen LogP contribution >= 0.6 is 11.8 Å². The van der Waals surface area contributed by atoms with E-state index in [0.717, 1.165) is 25.3 Å². The molecule has 2 unspecified atom stereocenters. The molecule has 3 N–H and O–H groups in total. The maximum absolute atomic E-state index is 12.4. The summed E-state index contributed by atoms with van der Waals surface area (Å²) < 4.78 is 0. The van der Waals surface area contributed by atoms with Gasteiger partial charge in [0.05, 0.1) is 0 Å². The standard InChI is InChI=1S/C18H27N3O2S/c1-24-12-9-16(21-17(22)15-5-3-2-4-6-15)18(23)20-11-8-14-7-10-19-13-14/h2-6,14,16,19H,7-13H2,1H3,(H,20,23)(H,21,22). The minimum atomic E-state index is -0.480. The van der Waals surface area contributed by atoms with Crippen LogP contribution in [0.4, 0.5) is 0 Å². The third-order valence-corrected chi connectivity index (χ3v) is 4.93. The molecule has 1 heterocycles. The number of rotatable bonds is 9. The Balaban J connectivity index is 1.83. The van der Waals surface area contributed by atoms with Crippen LogP contribution in [-0.2, 0) is 4.79 Å². The van der Waals surface area contributed by atoms with Gasteiger partial charge in [0.15, 0.2) is 0 Å². The third-order valence-electron chi connectivity index (χ3n) is 4.28. The van der Waals surface area contributed by atoms with Crippen LogP contribution in [0.15, 0.2) is 30.3 Å². The summed E-state index contributed by atoms with van der Waals surface area (Å²) in [7, 11) is 0. The zero-order valence-electron chi connectivity index (χ0n) is 14.2. The molecule has 0 bridgehead atoms. The molecule has 0 aliphatic carbocycles. The van der Waals surface area contributed by atoms with E-state index in [1.165, 1.54) is 6.42 Å². The SMILES string of the molecule is CSCCC(NC(=O)c1ccccc1)C(=O)NCCC1CCNC1. The molecule has 1 aliphatic rings. The van der Waals surface area contributed by atoms with Crippen LogP contribution < -0.4 is 16.0 Å². The molecule has 1 aromatic carbocycles. The highest BCUT2D eigenvalue weighted by molar-refractivity contribution is 7.98. The predicted molar refractivity (Wildman–Crippen MR) is 99.3 cm³/mol. The molecule has 1 fully saturated rings. The van der Waals surface area contributed by atoms with E-state index >= 15 is 0 Å². The number of carbonyl (C=O) groups is 2. The molecule has 24 heavy (non-hydrogen) atoms. The predicted octanol–water partition coefficient (Wildman–Crippen LogP) is 1.65. The first kappa shape index (κ1) is 18.8. The van der Waals surface area contributed by atoms with Crippen molar-refractivity contribution in [2.45, 2.75) is 25.3 Å². The van der Waals surface area contributed by atoms with Crippen LogP contribution in [0.3, 0.4) is 0 Å². The van der Waals surface area contributed by atoms with Gasteiger partial charge in [0.25, 0.3) is 5.91 Å². The second-order valence-corrected chi connectivity index (χ2v) is 7.10. The van der Waals surface area contributed by atoms with E-state index in [9.17, 15) is 9.59 Å². The molecule has 6 heteroatoms. The maximum Gasteiger partial charge on any atom is 0.251 e. The lowest BCUT2D eigenvalue weighted by atomic mass is 10.1. The van der Waals surface area contributed by atoms with Crippen LogP contribution in [0, 0.1) is 5.92 Å². The fourth-order valence-electron chi connectivity index (χ4n) is 2.82. The van der Waals surface area contributed by atoms with Gasteiger partial charge in [-0.3, -0.25) is 9.59 Å². The summed E-state index contributed by atoms with van der Waals surface area (Å²) in [6.07, 6.45) is 4.80. The summed E-state index contributed by atoms with van der Waals surface area (Å²) in [4.78, 5) is 24.7. The van der Waals surface area contributed by atoms with Gasteiger partial charge in [-0.2, -0.15) is 11.8 Å². The monoisotopic (exact) mass is 349 g/mol. The zero-order valence-corrected chi connectivity index (χ0v) is 15.0. The van der Waals surface area contributed by atoms with Crippen LogP contribution in [-0.4, -0.2) is 49.5 Å². The number of thioether (sulfide) groups is 1. The van der Waals surface area contributed by atoms with Gasteiger partial charge in [-0.15, -0.1) is 0 Å². The zero-order chi connectivity index (χ0) is 17.2. The normalized spacial score (nSPS) is 18.1. The molecule has 0 aromatic heterocycles. The summed E-state index contributed by atoms with van der Waals surface area (Å²) in [6, 6.07) is 8.54. The van der Waals surface area contributed by atoms with Crippen molar-refractivity contribution in [2.75, 3.05) is 31.6 Å². The van der Waals surface area contributed by atoms with E-state index in [1.807, 2.05) is 24.5 Å². The van der Waals surface area contributed by atoms with Gasteiger partial charge in [-0.25, -0.2) is 0 Å². The largest absolute Gasteiger partial charge is 0.354 e. The first-order chi connectivity index (χ1) is 11.7. The van der Waals surface area contributed by atoms with Crippen molar-refractivity contribution in [3.63, 3.8) is 0 Å². The van der Waals surface area contributed by atoms with E-state index < -0.39 is 6.04 Å². The lowest BCUT2D eigenvalue weighted by molar-refractivity contribution is -0.123. The van der Waals surface area contributed by atoms with Gasteiger partial charge in [0, 0.05) is 12.1 Å². The molecule has 5 nitrogen and oxygen atoms in total. The molecule has 1 aliphatic heterocycles. The fourth-order valence-corrected chi connectivity index (χ4v) is 3.29. The first-order valence-electron chi connectivity index (χ1n) is 8.54. The minimum Gasteiger partial charge on any atom is -0.354 e. The Morgan fingerprint density at radius 2 is 2.12 bits per heavy atom. The fraction of sp³-hybridized carbons (Fsp3) is 0.556. The van der Waals surface area contributed by atoms with Gasteiger partial charge in [-0.05, 0) is 62.4 Å². The molecule has 132 valence electrons. The van der Waals surface area contributed by atoms with Crippen molar-refractivity contribution < 1.29 is 9.59 Å². The van der Waals surface area contributed by atoms with Crippen LogP contribution in [0.1, 0.15) is 29.6 Å². The Labute approximate surface area is 148 Å². The number of nitrogens with one attached hydrogen (secondary N) is 3. The molecular formula is C18H27N3O2S. The average molecular weight is 350 g/mol. The van der Waals surface area contributed by atoms with Crippen LogP contribution in [0.25, 0.3) is 0 Å². The Morgan fingerprint density at radius 3 is 2.79 bits per heavy atom. The molecule has 0 spiro atoms. The Bertz CT molecular complexity index is 518. The van der Waals surface area contributed by atoms with Gasteiger partial charge in [-0.1, -0.05) is 18.2 Å². The number of carbonyl (C=O) groups excluding carboxylic acids is 2. The van der Waals surface area contributed by atoms with E-state index in [2.05, 4.69) is 16.0 Å². The minimum absolute atomic E-state index is 0.0840. The number of amides is 2. The molecule has 2 rings (SSSR count). The van der Waals surface area contributed by atoms with E-state index in [4.69, 9.17) is 0 Å². The summed E-state index contributed by atoms with van der Waals surface area (Å²) in [6.45, 7) is 2.78. The summed E-state index contributed by atoms with van der Waals surface area (Å²) in [5.41, 5.74) is 0.580. The van der Waals surface area contributed by atoms with Crippen molar-refractivity contribution in [3.05, 3.63) is 35.9 Å². The first-order valence-corrected chi connectivity index (χ1v) is 9.93. The van der Waals surface area contributed by atoms with Crippen molar-refractivity contribution in [1.82, 2.24) is 16.0 Å². The van der Waals surface area contributed by atoms with Gasteiger partial charge < -0.3 is 16.0 Å². The van der Waals surface area contributed by atoms with Gasteiger partial charge >= 0.3 is 0 Å². The molecule has 2 atom stereocenters. The number of benzene rings is 1. The molecule has 2 amide bonds. The van der Waals surface area contributed by atoms with Gasteiger partial charge in [0.2, 0.25) is 5.91 Å². The van der Waals surface area contributed by atoms with E-state index in [-0.39, 0.29) is 11.8 Å². The second kappa shape index (κ2) is 10.4. The lowest BCUT2D eigenvalue weighted by Crippen LogP contribution is -2.47. The Kier molecular flexibility index (Phi) is 8.12. The topological polar surface area (TPSA) is 70.2 Å². The van der Waals surface area contributed by atoms with E-state index in [0.29, 0.717) is 24.4 Å². The average Bonchev–Trinajstić information content (AvgIpc) is 3.12. The molecular weight excluding hydrogens is 322 g/mol. The summed E-state index contributed by atoms with van der Waals surface area (Å²) in [5, 5.41) is 9.19. The van der Waals surface area contributed by atoms with Crippen molar-refractivity contribution >= 4 is 23.6 Å². The van der Waals surface area contributed by atoms with Crippen molar-refractivity contribution in [2.24, 2.45) is 5.92 Å². The quantitative estimate of drug-likeness (QED) is 0.634. The van der Waals surface area contributed by atoms with Crippen LogP contribution in [0.2, 0.25) is 0 Å². The lowest BCUT2D eigenvalue weighted by Gasteiger charge is -2.19. The van der Waals surface area contributed by atoms with Gasteiger partial charge in [0.1, 0.15) is 6.04 Å². The Hall–Kier alpha value is -1.53. The molecule has 1 aromatic rings. The summed E-state index contributed by atoms with van der Waals surface area (Å²) >= 11 is 1.67. The highest BCUT2D eigenvalue weighted by atomic mass is 32.2. The smallest absolute Gasteiger partial charge is 0.251 e. The maximum atomic E-state index is 12.4. The van der Waals surface area contributed by atoms with Crippen LogP contribution in [0.5, 0.6) is 0 Å². The second-order valence-electron chi connectivity index (χ2n) is 6.11. The molecule has 0 saturated carbocycles. The van der Waals surface area contributed by atoms with Crippen molar-refractivity contribution in [1.29, 1.82) is 0 Å². The van der Waals surface area contributed by atoms with Crippen molar-refractivity contribution in [3.8, 4) is 0 Å². The highest BCUT2D eigenvalue weighted by Crippen LogP contribution is 2.11. The Morgan fingerprint density at radius 1 is 1.33 bits per heavy atom. The number of hydrogen-bond donors (Lipinski definition) is 3. The van der Waals surface area contributed by atoms with E-state index in [1.54, 1.807) is 23.9 Å². The number of hydrogen-bond acceptors (Lipinski definition) is 4. The summed E-state index contributed by atoms with van der Waals surface area (Å²) in [5.74, 6) is 1.20. The molecule has 1 saturated heterocycles. The highest BCUT2D eigenvalue weighted by Gasteiger charge is 2.21. The third kappa shape index (κ3) is 6.17.